The maximum atomic E-state index is 12.3. The Morgan fingerprint density at radius 3 is 1.86 bits per heavy atom. The summed E-state index contributed by atoms with van der Waals surface area (Å²) in [6.45, 7) is 0. The predicted octanol–water partition coefficient (Wildman–Crippen LogP) is 2.92. The summed E-state index contributed by atoms with van der Waals surface area (Å²) in [6, 6.07) is 25.2. The van der Waals surface area contributed by atoms with Gasteiger partial charge >= 0.3 is 0 Å². The number of hydrogen-bond donors (Lipinski definition) is 4. The normalized spacial score (nSPS) is 29.6. The molecule has 0 aromatic heterocycles. The molecule has 1 unspecified atom stereocenters. The number of hydrogen-bond acceptors (Lipinski definition) is 6. The highest BCUT2D eigenvalue weighted by Gasteiger charge is 2.65. The van der Waals surface area contributed by atoms with E-state index in [0.717, 1.165) is 11.1 Å². The van der Waals surface area contributed by atoms with Crippen molar-refractivity contribution in [1.29, 1.82) is 0 Å². The molecule has 4 rings (SSSR count). The number of aliphatic hydroxyl groups excluding tert-OH is 2. The van der Waals surface area contributed by atoms with Gasteiger partial charge in [-0.2, -0.15) is 0 Å². The fourth-order valence-electron chi connectivity index (χ4n) is 4.95. The predicted molar refractivity (Wildman–Crippen MR) is 133 cm³/mol. The SMILES string of the molecule is CO[C@H]1O[C@H](C(O)Cc2ccc(Cl)cc2)[C@](O)(Cc2ccccc2)[C@@](O)(Cc2ccccc2)[C@H]1O. The topological polar surface area (TPSA) is 99.4 Å². The Balaban J connectivity index is 1.77. The molecule has 1 aliphatic rings. The van der Waals surface area contributed by atoms with Crippen LogP contribution >= 0.6 is 11.6 Å². The van der Waals surface area contributed by atoms with Crippen LogP contribution in [0.2, 0.25) is 5.02 Å². The molecule has 0 radical (unpaired) electrons. The maximum Gasteiger partial charge on any atom is 0.186 e. The summed E-state index contributed by atoms with van der Waals surface area (Å²) in [5, 5.41) is 47.5. The zero-order valence-electron chi connectivity index (χ0n) is 19.5. The van der Waals surface area contributed by atoms with Gasteiger partial charge in [0.1, 0.15) is 23.4 Å². The molecule has 6 nitrogen and oxygen atoms in total. The lowest BCUT2D eigenvalue weighted by atomic mass is 9.65. The average Bonchev–Trinajstić information content (AvgIpc) is 2.86. The number of benzene rings is 3. The van der Waals surface area contributed by atoms with Crippen LogP contribution in [0.4, 0.5) is 0 Å². The van der Waals surface area contributed by atoms with E-state index in [-0.39, 0.29) is 19.3 Å². The fourth-order valence-corrected chi connectivity index (χ4v) is 5.07. The van der Waals surface area contributed by atoms with Gasteiger partial charge in [0.2, 0.25) is 0 Å². The molecule has 1 aliphatic heterocycles. The van der Waals surface area contributed by atoms with Crippen LogP contribution in [0, 0.1) is 0 Å². The molecular formula is C28H31ClO6. The molecule has 0 amide bonds. The molecule has 0 saturated carbocycles. The van der Waals surface area contributed by atoms with E-state index in [4.69, 9.17) is 21.1 Å². The van der Waals surface area contributed by atoms with Crippen LogP contribution in [-0.2, 0) is 28.7 Å². The van der Waals surface area contributed by atoms with E-state index in [2.05, 4.69) is 0 Å². The molecule has 186 valence electrons. The molecule has 4 N–H and O–H groups in total. The molecule has 0 aliphatic carbocycles. The van der Waals surface area contributed by atoms with Crippen molar-refractivity contribution in [2.45, 2.75) is 55.1 Å². The lowest BCUT2D eigenvalue weighted by Gasteiger charge is -2.56. The summed E-state index contributed by atoms with van der Waals surface area (Å²) in [4.78, 5) is 0. The van der Waals surface area contributed by atoms with Crippen LogP contribution in [0.5, 0.6) is 0 Å². The quantitative estimate of drug-likeness (QED) is 0.381. The number of methoxy groups -OCH3 is 1. The fraction of sp³-hybridized carbons (Fsp3) is 0.357. The van der Waals surface area contributed by atoms with Gasteiger partial charge in [-0.25, -0.2) is 0 Å². The zero-order chi connectivity index (χ0) is 25.1. The van der Waals surface area contributed by atoms with Gasteiger partial charge in [0.15, 0.2) is 6.29 Å². The van der Waals surface area contributed by atoms with Gasteiger partial charge in [0, 0.05) is 31.4 Å². The van der Waals surface area contributed by atoms with Crippen LogP contribution < -0.4 is 0 Å². The van der Waals surface area contributed by atoms with Crippen LogP contribution in [0.25, 0.3) is 0 Å². The number of aliphatic hydroxyl groups is 4. The molecular weight excluding hydrogens is 468 g/mol. The Bertz CT molecular complexity index is 1080. The number of halogens is 1. The van der Waals surface area contributed by atoms with Gasteiger partial charge in [0.05, 0.1) is 6.10 Å². The van der Waals surface area contributed by atoms with Crippen molar-refractivity contribution in [2.75, 3.05) is 7.11 Å². The summed E-state index contributed by atoms with van der Waals surface area (Å²) in [6.07, 6.45) is -5.35. The van der Waals surface area contributed by atoms with Crippen LogP contribution in [0.1, 0.15) is 16.7 Å². The Hall–Kier alpha value is -2.29. The van der Waals surface area contributed by atoms with Gasteiger partial charge in [0.25, 0.3) is 0 Å². The van der Waals surface area contributed by atoms with Crippen LogP contribution in [0.3, 0.4) is 0 Å². The Kier molecular flexibility index (Phi) is 7.93. The molecule has 7 heteroatoms. The minimum absolute atomic E-state index is 0.0625. The molecule has 35 heavy (non-hydrogen) atoms. The molecule has 0 spiro atoms. The first-order valence-electron chi connectivity index (χ1n) is 11.6. The van der Waals surface area contributed by atoms with E-state index in [1.165, 1.54) is 7.11 Å². The lowest BCUT2D eigenvalue weighted by Crippen LogP contribution is -2.77. The maximum absolute atomic E-state index is 12.3. The molecule has 6 atom stereocenters. The highest BCUT2D eigenvalue weighted by atomic mass is 35.5. The summed E-state index contributed by atoms with van der Waals surface area (Å²) in [5.74, 6) is 0. The van der Waals surface area contributed by atoms with Gasteiger partial charge < -0.3 is 29.9 Å². The Labute approximate surface area is 210 Å². The first-order chi connectivity index (χ1) is 16.8. The van der Waals surface area contributed by atoms with Crippen molar-refractivity contribution in [3.8, 4) is 0 Å². The second kappa shape index (κ2) is 10.8. The van der Waals surface area contributed by atoms with Crippen molar-refractivity contribution in [3.05, 3.63) is 107 Å². The lowest BCUT2D eigenvalue weighted by molar-refractivity contribution is -0.369. The van der Waals surface area contributed by atoms with Gasteiger partial charge in [-0.1, -0.05) is 84.4 Å². The van der Waals surface area contributed by atoms with Crippen molar-refractivity contribution in [3.63, 3.8) is 0 Å². The largest absolute Gasteiger partial charge is 0.390 e. The van der Waals surface area contributed by atoms with Crippen molar-refractivity contribution in [2.24, 2.45) is 0 Å². The first-order valence-corrected chi connectivity index (χ1v) is 12.0. The van der Waals surface area contributed by atoms with E-state index >= 15 is 0 Å². The van der Waals surface area contributed by atoms with Crippen molar-refractivity contribution < 1.29 is 29.9 Å². The van der Waals surface area contributed by atoms with E-state index < -0.39 is 35.8 Å². The molecule has 1 heterocycles. The Morgan fingerprint density at radius 1 is 0.829 bits per heavy atom. The van der Waals surface area contributed by atoms with Crippen LogP contribution in [-0.4, -0.2) is 63.3 Å². The van der Waals surface area contributed by atoms with Crippen molar-refractivity contribution in [1.82, 2.24) is 0 Å². The monoisotopic (exact) mass is 498 g/mol. The molecule has 1 fully saturated rings. The highest BCUT2D eigenvalue weighted by molar-refractivity contribution is 6.30. The smallest absolute Gasteiger partial charge is 0.186 e. The highest BCUT2D eigenvalue weighted by Crippen LogP contribution is 2.44. The van der Waals surface area contributed by atoms with E-state index in [1.54, 1.807) is 24.3 Å². The second-order valence-electron chi connectivity index (χ2n) is 9.18. The minimum Gasteiger partial charge on any atom is -0.390 e. The van der Waals surface area contributed by atoms with Crippen LogP contribution in [0.15, 0.2) is 84.9 Å². The second-order valence-corrected chi connectivity index (χ2v) is 9.61. The summed E-state index contributed by atoms with van der Waals surface area (Å²) in [5.41, 5.74) is -1.96. The van der Waals surface area contributed by atoms with E-state index in [9.17, 15) is 20.4 Å². The molecule has 3 aromatic rings. The summed E-state index contributed by atoms with van der Waals surface area (Å²) >= 11 is 6.00. The number of rotatable bonds is 8. The van der Waals surface area contributed by atoms with E-state index in [1.807, 2.05) is 60.7 Å². The van der Waals surface area contributed by atoms with Gasteiger partial charge in [-0.05, 0) is 28.8 Å². The molecule has 1 saturated heterocycles. The van der Waals surface area contributed by atoms with Gasteiger partial charge in [-0.3, -0.25) is 0 Å². The standard InChI is InChI=1S/C28H31ClO6/c1-34-26-24(31)27(32,17-20-8-4-2-5-9-20)28(33,18-21-10-6-3-7-11-21)25(35-26)23(30)16-19-12-14-22(29)15-13-19/h2-15,23-26,30-33H,16-18H2,1H3/t23?,24-,25+,26-,27+,28+/m0/s1. The third kappa shape index (κ3) is 5.29. The Morgan fingerprint density at radius 2 is 1.34 bits per heavy atom. The van der Waals surface area contributed by atoms with E-state index in [0.29, 0.717) is 10.6 Å². The summed E-state index contributed by atoms with van der Waals surface area (Å²) in [7, 11) is 1.35. The van der Waals surface area contributed by atoms with Crippen molar-refractivity contribution >= 4 is 11.6 Å². The average molecular weight is 499 g/mol. The number of ether oxygens (including phenoxy) is 2. The third-order valence-electron chi connectivity index (χ3n) is 6.82. The minimum atomic E-state index is -2.10. The van der Waals surface area contributed by atoms with Gasteiger partial charge in [-0.15, -0.1) is 0 Å². The first kappa shape index (κ1) is 25.8. The summed E-state index contributed by atoms with van der Waals surface area (Å²) < 4.78 is 11.3. The third-order valence-corrected chi connectivity index (χ3v) is 7.07. The molecule has 3 aromatic carbocycles. The zero-order valence-corrected chi connectivity index (χ0v) is 20.3. The molecule has 0 bridgehead atoms.